The number of carbonyl (C=O) groups excluding carboxylic acids is 1. The maximum absolute atomic E-state index is 12.3. The molecule has 118 valence electrons. The van der Waals surface area contributed by atoms with E-state index in [9.17, 15) is 4.79 Å². The molecule has 1 heterocycles. The van der Waals surface area contributed by atoms with Crippen molar-refractivity contribution < 1.29 is 9.21 Å². The van der Waals surface area contributed by atoms with E-state index in [1.807, 2.05) is 42.5 Å². The van der Waals surface area contributed by atoms with Gasteiger partial charge in [-0.3, -0.25) is 4.79 Å². The van der Waals surface area contributed by atoms with Crippen LogP contribution in [0.3, 0.4) is 0 Å². The van der Waals surface area contributed by atoms with Crippen molar-refractivity contribution in [2.45, 2.75) is 26.2 Å². The molecule has 23 heavy (non-hydrogen) atoms. The summed E-state index contributed by atoms with van der Waals surface area (Å²) in [7, 11) is 0. The van der Waals surface area contributed by atoms with E-state index in [1.165, 1.54) is 5.56 Å². The normalized spacial score (nSPS) is 11.7. The predicted molar refractivity (Wildman–Crippen MR) is 97.0 cm³/mol. The molecule has 0 atom stereocenters. The highest BCUT2D eigenvalue weighted by atomic mass is 79.9. The van der Waals surface area contributed by atoms with E-state index in [2.05, 4.69) is 42.0 Å². The van der Waals surface area contributed by atoms with Crippen LogP contribution in [0.2, 0.25) is 0 Å². The molecule has 0 aliphatic carbocycles. The molecule has 4 heteroatoms. The topological polar surface area (TPSA) is 42.2 Å². The zero-order chi connectivity index (χ0) is 16.6. The summed E-state index contributed by atoms with van der Waals surface area (Å²) in [6.45, 7) is 6.48. The van der Waals surface area contributed by atoms with E-state index in [4.69, 9.17) is 4.42 Å². The molecule has 0 aliphatic heterocycles. The summed E-state index contributed by atoms with van der Waals surface area (Å²) in [5, 5.41) is 3.76. The molecule has 3 aromatic rings. The van der Waals surface area contributed by atoms with Gasteiger partial charge in [-0.1, -0.05) is 48.8 Å². The van der Waals surface area contributed by atoms with E-state index < -0.39 is 0 Å². The van der Waals surface area contributed by atoms with Crippen molar-refractivity contribution in [2.75, 3.05) is 5.32 Å². The quantitative estimate of drug-likeness (QED) is 0.623. The number of hydrogen-bond donors (Lipinski definition) is 1. The third-order valence-corrected chi connectivity index (χ3v) is 4.20. The molecule has 0 unspecified atom stereocenters. The summed E-state index contributed by atoms with van der Waals surface area (Å²) in [6.07, 6.45) is 0. The Balaban J connectivity index is 1.80. The smallest absolute Gasteiger partial charge is 0.291 e. The van der Waals surface area contributed by atoms with Gasteiger partial charge in [-0.05, 0) is 47.4 Å². The van der Waals surface area contributed by atoms with Crippen LogP contribution in [0.1, 0.15) is 36.9 Å². The van der Waals surface area contributed by atoms with Gasteiger partial charge in [0.05, 0.1) is 0 Å². The van der Waals surface area contributed by atoms with Gasteiger partial charge < -0.3 is 9.73 Å². The second kappa shape index (κ2) is 5.85. The van der Waals surface area contributed by atoms with Gasteiger partial charge in [-0.2, -0.15) is 0 Å². The lowest BCUT2D eigenvalue weighted by Gasteiger charge is -2.19. The number of nitrogens with one attached hydrogen (secondary N) is 1. The Bertz CT molecular complexity index is 857. The number of amides is 1. The molecule has 0 bridgehead atoms. The summed E-state index contributed by atoms with van der Waals surface area (Å²) in [5.41, 5.74) is 2.77. The van der Waals surface area contributed by atoms with Crippen molar-refractivity contribution in [2.24, 2.45) is 0 Å². The highest BCUT2D eigenvalue weighted by Gasteiger charge is 2.15. The molecule has 3 nitrogen and oxygen atoms in total. The maximum atomic E-state index is 12.3. The van der Waals surface area contributed by atoms with Crippen LogP contribution in [-0.2, 0) is 5.41 Å². The molecule has 0 fully saturated rings. The maximum Gasteiger partial charge on any atom is 0.291 e. The largest absolute Gasteiger partial charge is 0.451 e. The van der Waals surface area contributed by atoms with Gasteiger partial charge >= 0.3 is 0 Å². The van der Waals surface area contributed by atoms with E-state index in [0.717, 1.165) is 15.5 Å². The number of furan rings is 1. The summed E-state index contributed by atoms with van der Waals surface area (Å²) >= 11 is 3.41. The lowest BCUT2D eigenvalue weighted by Crippen LogP contribution is -2.13. The second-order valence-corrected chi connectivity index (χ2v) is 7.49. The van der Waals surface area contributed by atoms with E-state index in [0.29, 0.717) is 11.3 Å². The molecule has 3 rings (SSSR count). The van der Waals surface area contributed by atoms with Gasteiger partial charge in [0.1, 0.15) is 5.58 Å². The molecular weight excluding hydrogens is 354 g/mol. The first-order chi connectivity index (χ1) is 10.8. The summed E-state index contributed by atoms with van der Waals surface area (Å²) in [4.78, 5) is 12.3. The average molecular weight is 372 g/mol. The molecule has 0 saturated heterocycles. The fraction of sp³-hybridized carbons (Fsp3) is 0.211. The number of halogens is 1. The highest BCUT2D eigenvalue weighted by Crippen LogP contribution is 2.25. The number of anilines is 1. The number of fused-ring (bicyclic) bond motifs is 1. The Morgan fingerprint density at radius 2 is 1.74 bits per heavy atom. The average Bonchev–Trinajstić information content (AvgIpc) is 2.90. The first kappa shape index (κ1) is 15.8. The van der Waals surface area contributed by atoms with Crippen LogP contribution in [-0.4, -0.2) is 5.91 Å². The van der Waals surface area contributed by atoms with Crippen LogP contribution < -0.4 is 5.32 Å². The van der Waals surface area contributed by atoms with Crippen molar-refractivity contribution in [3.05, 3.63) is 64.3 Å². The van der Waals surface area contributed by atoms with E-state index >= 15 is 0 Å². The van der Waals surface area contributed by atoms with Crippen LogP contribution in [0, 0.1) is 0 Å². The number of benzene rings is 2. The molecule has 1 amide bonds. The van der Waals surface area contributed by atoms with Gasteiger partial charge in [-0.15, -0.1) is 0 Å². The minimum absolute atomic E-state index is 0.0919. The minimum Gasteiger partial charge on any atom is -0.451 e. The van der Waals surface area contributed by atoms with Crippen LogP contribution in [0.4, 0.5) is 5.69 Å². The van der Waals surface area contributed by atoms with Crippen LogP contribution >= 0.6 is 15.9 Å². The monoisotopic (exact) mass is 371 g/mol. The standard InChI is InChI=1S/C19H18BrNO2/c1-19(2,3)13-4-7-15(8-5-13)21-18(22)17-11-12-10-14(20)6-9-16(12)23-17/h4-11H,1-3H3,(H,21,22). The fourth-order valence-electron chi connectivity index (χ4n) is 2.37. The molecule has 2 aromatic carbocycles. The highest BCUT2D eigenvalue weighted by molar-refractivity contribution is 9.10. The number of rotatable bonds is 2. The SMILES string of the molecule is CC(C)(C)c1ccc(NC(=O)c2cc3cc(Br)ccc3o2)cc1. The van der Waals surface area contributed by atoms with Gasteiger partial charge in [0.2, 0.25) is 0 Å². The lowest BCUT2D eigenvalue weighted by molar-refractivity contribution is 0.0998. The van der Waals surface area contributed by atoms with Gasteiger partial charge in [-0.25, -0.2) is 0 Å². The van der Waals surface area contributed by atoms with Crippen LogP contribution in [0.5, 0.6) is 0 Å². The molecular formula is C19H18BrNO2. The van der Waals surface area contributed by atoms with Crippen LogP contribution in [0.25, 0.3) is 11.0 Å². The predicted octanol–water partition coefficient (Wildman–Crippen LogP) is 5.75. The molecule has 1 aromatic heterocycles. The Hall–Kier alpha value is -2.07. The molecule has 0 spiro atoms. The van der Waals surface area contributed by atoms with Gasteiger partial charge in [0.15, 0.2) is 5.76 Å². The summed E-state index contributed by atoms with van der Waals surface area (Å²) < 4.78 is 6.56. The second-order valence-electron chi connectivity index (χ2n) is 6.57. The lowest BCUT2D eigenvalue weighted by atomic mass is 9.87. The molecule has 0 aliphatic rings. The van der Waals surface area contributed by atoms with Gasteiger partial charge in [0.25, 0.3) is 5.91 Å². The van der Waals surface area contributed by atoms with Crippen molar-refractivity contribution in [3.8, 4) is 0 Å². The zero-order valence-corrected chi connectivity index (χ0v) is 14.9. The first-order valence-electron chi connectivity index (χ1n) is 7.44. The summed E-state index contributed by atoms with van der Waals surface area (Å²) in [6, 6.07) is 15.3. The van der Waals surface area contributed by atoms with Crippen molar-refractivity contribution in [1.29, 1.82) is 0 Å². The number of carbonyl (C=O) groups is 1. The number of hydrogen-bond acceptors (Lipinski definition) is 2. The van der Waals surface area contributed by atoms with E-state index in [1.54, 1.807) is 6.07 Å². The molecule has 0 radical (unpaired) electrons. The Morgan fingerprint density at radius 3 is 2.39 bits per heavy atom. The van der Waals surface area contributed by atoms with Crippen molar-refractivity contribution >= 4 is 38.5 Å². The van der Waals surface area contributed by atoms with Gasteiger partial charge in [0, 0.05) is 15.5 Å². The molecule has 0 saturated carbocycles. The molecule has 1 N–H and O–H groups in total. The Kier molecular flexibility index (Phi) is 4.02. The zero-order valence-electron chi connectivity index (χ0n) is 13.3. The van der Waals surface area contributed by atoms with Crippen molar-refractivity contribution in [3.63, 3.8) is 0 Å². The summed E-state index contributed by atoms with van der Waals surface area (Å²) in [5.74, 6) is 0.0545. The first-order valence-corrected chi connectivity index (χ1v) is 8.23. The third kappa shape index (κ3) is 3.48. The third-order valence-electron chi connectivity index (χ3n) is 3.71. The fourth-order valence-corrected chi connectivity index (χ4v) is 2.75. The van der Waals surface area contributed by atoms with Crippen LogP contribution in [0.15, 0.2) is 57.4 Å². The van der Waals surface area contributed by atoms with E-state index in [-0.39, 0.29) is 11.3 Å². The Morgan fingerprint density at radius 1 is 1.04 bits per heavy atom. The Labute approximate surface area is 143 Å². The van der Waals surface area contributed by atoms with Crippen molar-refractivity contribution in [1.82, 2.24) is 0 Å². The minimum atomic E-state index is -0.249.